The topological polar surface area (TPSA) is 125 Å². The van der Waals surface area contributed by atoms with Crippen molar-refractivity contribution in [3.05, 3.63) is 35.6 Å². The van der Waals surface area contributed by atoms with Gasteiger partial charge in [-0.15, -0.1) is 0 Å². The fourth-order valence-electron chi connectivity index (χ4n) is 4.08. The number of cyclic esters (lactones) is 1. The Labute approximate surface area is 276 Å². The fraction of sp³-hybridized carbons (Fsp3) is 0.676. The molecule has 0 bridgehead atoms. The number of benzene rings is 1. The molecule has 1 aromatic carbocycles. The fourth-order valence-corrected chi connectivity index (χ4v) is 4.08. The Bertz CT molecular complexity index is 1220. The zero-order valence-electron chi connectivity index (χ0n) is 30.3. The van der Waals surface area contributed by atoms with Crippen molar-refractivity contribution in [2.75, 3.05) is 0 Å². The van der Waals surface area contributed by atoms with E-state index in [1.54, 1.807) is 39.8 Å². The van der Waals surface area contributed by atoms with Gasteiger partial charge in [0, 0.05) is 5.57 Å². The highest BCUT2D eigenvalue weighted by molar-refractivity contribution is 5.93. The van der Waals surface area contributed by atoms with Gasteiger partial charge in [0.05, 0.1) is 16.2 Å². The second-order valence-electron chi connectivity index (χ2n) is 14.2. The van der Waals surface area contributed by atoms with E-state index in [0.29, 0.717) is 17.7 Å². The van der Waals surface area contributed by atoms with Gasteiger partial charge in [0.2, 0.25) is 5.76 Å². The highest BCUT2D eigenvalue weighted by Gasteiger charge is 2.40. The van der Waals surface area contributed by atoms with Crippen LogP contribution in [0.1, 0.15) is 134 Å². The number of carbonyl (C=O) groups excluding carboxylic acids is 4. The highest BCUT2D eigenvalue weighted by Crippen LogP contribution is 2.38. The molecule has 1 unspecified atom stereocenters. The molecule has 46 heavy (non-hydrogen) atoms. The maximum absolute atomic E-state index is 12.0. The van der Waals surface area contributed by atoms with Gasteiger partial charge in [-0.25, -0.2) is 4.79 Å². The van der Waals surface area contributed by atoms with E-state index < -0.39 is 22.8 Å². The molecule has 1 heterocycles. The Morgan fingerprint density at radius 2 is 1.24 bits per heavy atom. The molecule has 0 radical (unpaired) electrons. The van der Waals surface area contributed by atoms with Gasteiger partial charge in [-0.05, 0) is 131 Å². The average molecular weight is 647 g/mol. The molecule has 1 aromatic rings. The lowest BCUT2D eigenvalue weighted by atomic mass is 9.89. The minimum absolute atomic E-state index is 0.0197. The van der Waals surface area contributed by atoms with Crippen LogP contribution in [0.15, 0.2) is 35.6 Å². The van der Waals surface area contributed by atoms with Crippen molar-refractivity contribution in [1.82, 2.24) is 0 Å². The lowest BCUT2D eigenvalue weighted by Crippen LogP contribution is -2.37. The summed E-state index contributed by atoms with van der Waals surface area (Å²) in [5.74, 6) is -0.548. The molecule has 1 aliphatic carbocycles. The zero-order chi connectivity index (χ0) is 35.5. The van der Waals surface area contributed by atoms with E-state index in [-0.39, 0.29) is 40.6 Å². The lowest BCUT2D eigenvalue weighted by Gasteiger charge is -2.32. The van der Waals surface area contributed by atoms with Crippen LogP contribution >= 0.6 is 0 Å². The largest absolute Gasteiger partial charge is 0.508 e. The Kier molecular flexibility index (Phi) is 15.0. The molecule has 1 saturated carbocycles. The van der Waals surface area contributed by atoms with Crippen molar-refractivity contribution in [3.8, 4) is 11.5 Å². The maximum Gasteiger partial charge on any atom is 0.375 e. The van der Waals surface area contributed by atoms with Crippen molar-refractivity contribution in [1.29, 1.82) is 0 Å². The minimum atomic E-state index is -0.584. The maximum atomic E-state index is 12.0. The number of ether oxygens (including phenoxy) is 4. The summed E-state index contributed by atoms with van der Waals surface area (Å²) in [5.41, 5.74) is -0.851. The van der Waals surface area contributed by atoms with Gasteiger partial charge in [0.25, 0.3) is 0 Å². The summed E-state index contributed by atoms with van der Waals surface area (Å²) in [6.07, 6.45) is 7.38. The molecule has 3 rings (SSSR count). The van der Waals surface area contributed by atoms with Gasteiger partial charge < -0.3 is 24.1 Å². The van der Waals surface area contributed by atoms with E-state index >= 15 is 0 Å². The molecule has 0 aromatic heterocycles. The lowest BCUT2D eigenvalue weighted by molar-refractivity contribution is -0.170. The number of aromatic hydroxyl groups is 1. The molecule has 0 spiro atoms. The SMILES string of the molecule is CCC(C)(C)C(=O)OC1=C(C)C(C)OC1=O.CCC(C)(C)C(=O)Oc1ccc(O)cc1.CCC1(OC(=O)C(C)(C)CC)CCCC1. The quantitative estimate of drug-likeness (QED) is 0.151. The van der Waals surface area contributed by atoms with E-state index in [4.69, 9.17) is 24.1 Å². The molecule has 9 nitrogen and oxygen atoms in total. The summed E-state index contributed by atoms with van der Waals surface area (Å²) in [4.78, 5) is 46.8. The van der Waals surface area contributed by atoms with Crippen LogP contribution in [0.3, 0.4) is 0 Å². The first-order valence-electron chi connectivity index (χ1n) is 16.6. The molecule has 9 heteroatoms. The standard InChI is InChI=1S/C13H24O2.C12H18O4.C12H16O3/c1-5-12(3,4)11(14)15-13(6-2)9-7-8-10-13;1-6-12(4,5)11(14)16-9-7(2)8(3)15-10(9)13;1-4-12(2,3)11(14)15-10-7-5-9(13)6-8-10/h5-10H2,1-4H3;8H,6H2,1-5H3;5-8,13H,4H2,1-3H3. The van der Waals surface area contributed by atoms with Crippen molar-refractivity contribution in [2.45, 2.75) is 146 Å². The van der Waals surface area contributed by atoms with E-state index in [2.05, 4.69) is 6.92 Å². The van der Waals surface area contributed by atoms with Gasteiger partial charge in [-0.1, -0.05) is 27.7 Å². The number of phenols is 1. The highest BCUT2D eigenvalue weighted by atomic mass is 16.6. The molecule has 0 amide bonds. The normalized spacial score (nSPS) is 17.6. The van der Waals surface area contributed by atoms with Crippen LogP contribution in [0.25, 0.3) is 0 Å². The third kappa shape index (κ3) is 11.5. The summed E-state index contributed by atoms with van der Waals surface area (Å²) < 4.78 is 21.0. The Balaban J connectivity index is 0.000000345. The van der Waals surface area contributed by atoms with Crippen LogP contribution in [0.4, 0.5) is 0 Å². The molecule has 0 saturated heterocycles. The number of esters is 4. The number of carbonyl (C=O) groups is 4. The van der Waals surface area contributed by atoms with Crippen LogP contribution in [-0.2, 0) is 33.4 Å². The van der Waals surface area contributed by atoms with E-state index in [0.717, 1.165) is 32.1 Å². The number of hydrogen-bond acceptors (Lipinski definition) is 9. The van der Waals surface area contributed by atoms with Gasteiger partial charge in [0.15, 0.2) is 0 Å². The van der Waals surface area contributed by atoms with Crippen LogP contribution in [0.2, 0.25) is 0 Å². The Hall–Kier alpha value is -3.36. The molecule has 1 fully saturated rings. The Morgan fingerprint density at radius 1 is 0.804 bits per heavy atom. The average Bonchev–Trinajstić information content (AvgIpc) is 3.58. The summed E-state index contributed by atoms with van der Waals surface area (Å²) in [6.45, 7) is 22.7. The van der Waals surface area contributed by atoms with Crippen molar-refractivity contribution < 1.29 is 43.2 Å². The summed E-state index contributed by atoms with van der Waals surface area (Å²) in [7, 11) is 0. The molecule has 2 aliphatic rings. The van der Waals surface area contributed by atoms with Crippen molar-refractivity contribution in [3.63, 3.8) is 0 Å². The van der Waals surface area contributed by atoms with E-state index in [9.17, 15) is 19.2 Å². The summed E-state index contributed by atoms with van der Waals surface area (Å²) in [6, 6.07) is 6.11. The number of hydrogen-bond donors (Lipinski definition) is 1. The second kappa shape index (κ2) is 17.0. The summed E-state index contributed by atoms with van der Waals surface area (Å²) in [5, 5.41) is 9.06. The second-order valence-corrected chi connectivity index (χ2v) is 14.2. The van der Waals surface area contributed by atoms with Crippen LogP contribution in [0, 0.1) is 16.2 Å². The number of rotatable bonds is 10. The predicted molar refractivity (Wildman–Crippen MR) is 178 cm³/mol. The monoisotopic (exact) mass is 646 g/mol. The first-order chi connectivity index (χ1) is 21.2. The zero-order valence-corrected chi connectivity index (χ0v) is 30.3. The molecule has 1 N–H and O–H groups in total. The third-order valence-corrected chi connectivity index (χ3v) is 9.46. The molecular weight excluding hydrogens is 588 g/mol. The van der Waals surface area contributed by atoms with Gasteiger partial charge in [-0.3, -0.25) is 14.4 Å². The van der Waals surface area contributed by atoms with Gasteiger partial charge in [0.1, 0.15) is 23.2 Å². The van der Waals surface area contributed by atoms with Crippen molar-refractivity contribution in [2.24, 2.45) is 16.2 Å². The van der Waals surface area contributed by atoms with E-state index in [1.807, 2.05) is 48.5 Å². The third-order valence-electron chi connectivity index (χ3n) is 9.46. The first kappa shape index (κ1) is 40.7. The van der Waals surface area contributed by atoms with Gasteiger partial charge >= 0.3 is 23.9 Å². The smallest absolute Gasteiger partial charge is 0.375 e. The molecular formula is C37H58O9. The van der Waals surface area contributed by atoms with Crippen molar-refractivity contribution >= 4 is 23.9 Å². The van der Waals surface area contributed by atoms with Crippen LogP contribution in [-0.4, -0.2) is 40.7 Å². The summed E-state index contributed by atoms with van der Waals surface area (Å²) >= 11 is 0. The molecule has 1 atom stereocenters. The van der Waals surface area contributed by atoms with Crippen LogP contribution < -0.4 is 4.74 Å². The number of phenolic OH excluding ortho intramolecular Hbond substituents is 1. The van der Waals surface area contributed by atoms with E-state index in [1.165, 1.54) is 25.0 Å². The Morgan fingerprint density at radius 3 is 1.63 bits per heavy atom. The predicted octanol–water partition coefficient (Wildman–Crippen LogP) is 8.61. The molecule has 1 aliphatic heterocycles. The molecule has 260 valence electrons. The van der Waals surface area contributed by atoms with Crippen LogP contribution in [0.5, 0.6) is 11.5 Å². The van der Waals surface area contributed by atoms with Gasteiger partial charge in [-0.2, -0.15) is 0 Å². The minimum Gasteiger partial charge on any atom is -0.508 e. The first-order valence-corrected chi connectivity index (χ1v) is 16.6.